The number of aromatic nitrogens is 1. The largest absolute Gasteiger partial charge is 0.360 e. The summed E-state index contributed by atoms with van der Waals surface area (Å²) in [5, 5.41) is 4.08. The van der Waals surface area contributed by atoms with E-state index in [-0.39, 0.29) is 11.3 Å². The third-order valence-electron chi connectivity index (χ3n) is 3.85. The highest BCUT2D eigenvalue weighted by Crippen LogP contribution is 2.34. The SMILES string of the molecule is Cc1onc(-c2ccccc2)c1C(=O)N1[CH]CC(C)(C)C1. The number of carbonyl (C=O) groups is 1. The Labute approximate surface area is 124 Å². The van der Waals surface area contributed by atoms with Crippen LogP contribution in [0.1, 0.15) is 36.4 Å². The molecule has 1 aliphatic heterocycles. The molecule has 1 amide bonds. The van der Waals surface area contributed by atoms with E-state index >= 15 is 0 Å². The van der Waals surface area contributed by atoms with Crippen LogP contribution in [0.5, 0.6) is 0 Å². The molecule has 0 atom stereocenters. The lowest BCUT2D eigenvalue weighted by molar-refractivity contribution is 0.0803. The zero-order valence-electron chi connectivity index (χ0n) is 12.6. The Kier molecular flexibility index (Phi) is 3.32. The van der Waals surface area contributed by atoms with Gasteiger partial charge in [0.25, 0.3) is 5.91 Å². The van der Waals surface area contributed by atoms with Crippen molar-refractivity contribution < 1.29 is 9.32 Å². The topological polar surface area (TPSA) is 46.3 Å². The van der Waals surface area contributed by atoms with Crippen molar-refractivity contribution in [1.29, 1.82) is 0 Å². The van der Waals surface area contributed by atoms with Crippen molar-refractivity contribution in [3.8, 4) is 11.3 Å². The summed E-state index contributed by atoms with van der Waals surface area (Å²) < 4.78 is 5.27. The minimum Gasteiger partial charge on any atom is -0.360 e. The fourth-order valence-corrected chi connectivity index (χ4v) is 2.66. The zero-order chi connectivity index (χ0) is 15.0. The normalized spacial score (nSPS) is 17.2. The van der Waals surface area contributed by atoms with Crippen LogP contribution in [0.2, 0.25) is 0 Å². The molecule has 0 N–H and O–H groups in total. The van der Waals surface area contributed by atoms with Crippen molar-refractivity contribution in [3.63, 3.8) is 0 Å². The molecule has 4 heteroatoms. The highest BCUT2D eigenvalue weighted by molar-refractivity contribution is 6.01. The summed E-state index contributed by atoms with van der Waals surface area (Å²) in [4.78, 5) is 14.6. The molecule has 1 fully saturated rings. The van der Waals surface area contributed by atoms with Gasteiger partial charge in [-0.2, -0.15) is 0 Å². The molecule has 0 unspecified atom stereocenters. The number of hydrogen-bond donors (Lipinski definition) is 0. The minimum absolute atomic E-state index is 0.0295. The van der Waals surface area contributed by atoms with Gasteiger partial charge in [0.05, 0.1) is 6.54 Å². The maximum absolute atomic E-state index is 12.8. The summed E-state index contributed by atoms with van der Waals surface area (Å²) >= 11 is 0. The lowest BCUT2D eigenvalue weighted by atomic mass is 9.93. The number of likely N-dealkylation sites (tertiary alicyclic amines) is 1. The van der Waals surface area contributed by atoms with Gasteiger partial charge in [-0.25, -0.2) is 0 Å². The molecular weight excluding hydrogens is 264 g/mol. The first-order valence-corrected chi connectivity index (χ1v) is 7.14. The average molecular weight is 283 g/mol. The van der Waals surface area contributed by atoms with Crippen LogP contribution in [-0.2, 0) is 0 Å². The van der Waals surface area contributed by atoms with Crippen molar-refractivity contribution in [1.82, 2.24) is 10.1 Å². The number of benzene rings is 1. The maximum Gasteiger partial charge on any atom is 0.260 e. The molecule has 4 nitrogen and oxygen atoms in total. The third kappa shape index (κ3) is 2.58. The molecule has 1 radical (unpaired) electrons. The molecular formula is C17H19N2O2. The summed E-state index contributed by atoms with van der Waals surface area (Å²) in [7, 11) is 0. The molecule has 0 spiro atoms. The highest BCUT2D eigenvalue weighted by atomic mass is 16.5. The van der Waals surface area contributed by atoms with E-state index in [1.165, 1.54) is 0 Å². The summed E-state index contributed by atoms with van der Waals surface area (Å²) in [6.07, 6.45) is 0.906. The van der Waals surface area contributed by atoms with Crippen molar-refractivity contribution >= 4 is 5.91 Å². The van der Waals surface area contributed by atoms with Crippen LogP contribution in [-0.4, -0.2) is 22.5 Å². The average Bonchev–Trinajstić information content (AvgIpc) is 3.02. The standard InChI is InChI=1S/C17H19N2O2/c1-12-14(16(20)19-10-9-17(2,3)11-19)15(18-21-12)13-7-5-4-6-8-13/h4-8,10H,9,11H2,1-3H3. The van der Waals surface area contributed by atoms with Gasteiger partial charge >= 0.3 is 0 Å². The summed E-state index contributed by atoms with van der Waals surface area (Å²) in [6, 6.07) is 9.67. The second-order valence-electron chi connectivity index (χ2n) is 6.31. The number of carbonyl (C=O) groups excluding carboxylic acids is 1. The van der Waals surface area contributed by atoms with E-state index in [1.54, 1.807) is 11.8 Å². The van der Waals surface area contributed by atoms with Gasteiger partial charge in [-0.15, -0.1) is 0 Å². The molecule has 0 aliphatic carbocycles. The van der Waals surface area contributed by atoms with E-state index in [9.17, 15) is 4.79 Å². The van der Waals surface area contributed by atoms with Gasteiger partial charge in [0, 0.05) is 12.1 Å². The number of aryl methyl sites for hydroxylation is 1. The monoisotopic (exact) mass is 283 g/mol. The van der Waals surface area contributed by atoms with Crippen LogP contribution >= 0.6 is 0 Å². The van der Waals surface area contributed by atoms with E-state index in [1.807, 2.05) is 36.9 Å². The third-order valence-corrected chi connectivity index (χ3v) is 3.85. The Balaban J connectivity index is 1.96. The van der Waals surface area contributed by atoms with Crippen LogP contribution in [0.3, 0.4) is 0 Å². The highest BCUT2D eigenvalue weighted by Gasteiger charge is 2.35. The van der Waals surface area contributed by atoms with Gasteiger partial charge in [-0.1, -0.05) is 49.3 Å². The fourth-order valence-electron chi connectivity index (χ4n) is 2.66. The molecule has 3 rings (SSSR count). The van der Waals surface area contributed by atoms with Gasteiger partial charge in [0.1, 0.15) is 17.0 Å². The molecule has 0 saturated carbocycles. The lowest BCUT2D eigenvalue weighted by Gasteiger charge is -2.19. The number of amides is 1. The Hall–Kier alpha value is -2.10. The van der Waals surface area contributed by atoms with E-state index in [2.05, 4.69) is 19.0 Å². The molecule has 2 heterocycles. The van der Waals surface area contributed by atoms with E-state index in [4.69, 9.17) is 4.52 Å². The van der Waals surface area contributed by atoms with Gasteiger partial charge < -0.3 is 9.42 Å². The van der Waals surface area contributed by atoms with Gasteiger partial charge in [-0.05, 0) is 18.8 Å². The summed E-state index contributed by atoms with van der Waals surface area (Å²) in [5.41, 5.74) is 2.22. The van der Waals surface area contributed by atoms with Crippen molar-refractivity contribution in [2.75, 3.05) is 6.54 Å². The second kappa shape index (κ2) is 5.02. The smallest absolute Gasteiger partial charge is 0.260 e. The quantitative estimate of drug-likeness (QED) is 0.844. The van der Waals surface area contributed by atoms with Crippen molar-refractivity contribution in [3.05, 3.63) is 48.2 Å². The Bertz CT molecular complexity index is 659. The molecule has 21 heavy (non-hydrogen) atoms. The molecule has 0 bridgehead atoms. The van der Waals surface area contributed by atoms with Gasteiger partial charge in [0.2, 0.25) is 0 Å². The number of hydrogen-bond acceptors (Lipinski definition) is 3. The van der Waals surface area contributed by atoms with Crippen LogP contribution in [0, 0.1) is 18.9 Å². The van der Waals surface area contributed by atoms with Crippen molar-refractivity contribution in [2.24, 2.45) is 5.41 Å². The predicted molar refractivity (Wildman–Crippen MR) is 80.4 cm³/mol. The van der Waals surface area contributed by atoms with Crippen LogP contribution in [0.4, 0.5) is 0 Å². The van der Waals surface area contributed by atoms with Gasteiger partial charge in [-0.3, -0.25) is 4.79 Å². The minimum atomic E-state index is -0.0295. The first-order chi connectivity index (χ1) is 9.98. The molecule has 2 aromatic rings. The number of rotatable bonds is 2. The maximum atomic E-state index is 12.8. The molecule has 1 aromatic heterocycles. The van der Waals surface area contributed by atoms with Crippen LogP contribution in [0.15, 0.2) is 34.9 Å². The molecule has 1 saturated heterocycles. The van der Waals surface area contributed by atoms with Crippen LogP contribution in [0.25, 0.3) is 11.3 Å². The Morgan fingerprint density at radius 3 is 2.62 bits per heavy atom. The van der Waals surface area contributed by atoms with Crippen molar-refractivity contribution in [2.45, 2.75) is 27.2 Å². The molecule has 1 aliphatic rings. The lowest BCUT2D eigenvalue weighted by Crippen LogP contribution is -2.29. The van der Waals surface area contributed by atoms with E-state index in [0.29, 0.717) is 17.0 Å². The zero-order valence-corrected chi connectivity index (χ0v) is 12.6. The van der Waals surface area contributed by atoms with E-state index in [0.717, 1.165) is 18.5 Å². The summed E-state index contributed by atoms with van der Waals surface area (Å²) in [5.74, 6) is 0.537. The van der Waals surface area contributed by atoms with Gasteiger partial charge in [0.15, 0.2) is 0 Å². The second-order valence-corrected chi connectivity index (χ2v) is 6.31. The van der Waals surface area contributed by atoms with E-state index < -0.39 is 0 Å². The Morgan fingerprint density at radius 1 is 1.29 bits per heavy atom. The first-order valence-electron chi connectivity index (χ1n) is 7.14. The fraction of sp³-hybridized carbons (Fsp3) is 0.353. The number of nitrogens with zero attached hydrogens (tertiary/aromatic N) is 2. The first kappa shape index (κ1) is 13.9. The summed E-state index contributed by atoms with van der Waals surface area (Å²) in [6.45, 7) is 8.81. The molecule has 109 valence electrons. The predicted octanol–water partition coefficient (Wildman–Crippen LogP) is 3.68. The Morgan fingerprint density at radius 2 is 2.00 bits per heavy atom. The van der Waals surface area contributed by atoms with Crippen LogP contribution < -0.4 is 0 Å². The molecule has 1 aromatic carbocycles.